The number of rotatable bonds is 8. The van der Waals surface area contributed by atoms with Crippen molar-refractivity contribution in [2.75, 3.05) is 26.2 Å². The molecule has 0 saturated heterocycles. The standard InChI is InChI=1S/C16H32N2O3/c1-12(2)13(8-17-10-16(11-19)6-7-16)9-18-14(20)21-15(3,4)5/h12-13,17,19H,6-11H2,1-5H3,(H,18,20). The molecule has 0 aromatic heterocycles. The number of hydrogen-bond acceptors (Lipinski definition) is 4. The van der Waals surface area contributed by atoms with Crippen molar-refractivity contribution >= 4 is 6.09 Å². The average molecular weight is 300 g/mol. The van der Waals surface area contributed by atoms with Crippen molar-refractivity contribution in [3.05, 3.63) is 0 Å². The van der Waals surface area contributed by atoms with Crippen LogP contribution in [0, 0.1) is 17.3 Å². The van der Waals surface area contributed by atoms with Crippen LogP contribution in [0.15, 0.2) is 0 Å². The molecule has 0 aliphatic heterocycles. The Morgan fingerprint density at radius 1 is 1.29 bits per heavy atom. The first-order valence-corrected chi connectivity index (χ1v) is 7.96. The summed E-state index contributed by atoms with van der Waals surface area (Å²) in [7, 11) is 0. The molecule has 5 nitrogen and oxygen atoms in total. The Morgan fingerprint density at radius 3 is 2.33 bits per heavy atom. The summed E-state index contributed by atoms with van der Waals surface area (Å²) in [5.41, 5.74) is -0.338. The molecule has 3 N–H and O–H groups in total. The molecule has 1 unspecified atom stereocenters. The highest BCUT2D eigenvalue weighted by Gasteiger charge is 2.41. The third kappa shape index (κ3) is 7.14. The summed E-state index contributed by atoms with van der Waals surface area (Å²) < 4.78 is 5.25. The summed E-state index contributed by atoms with van der Waals surface area (Å²) >= 11 is 0. The summed E-state index contributed by atoms with van der Waals surface area (Å²) in [6.07, 6.45) is 1.86. The van der Waals surface area contributed by atoms with Crippen LogP contribution in [0.1, 0.15) is 47.5 Å². The molecule has 0 radical (unpaired) electrons. The SMILES string of the molecule is CC(C)C(CNCC1(CO)CC1)CNC(=O)OC(C)(C)C. The predicted octanol–water partition coefficient (Wildman–Crippen LogP) is 2.15. The Hall–Kier alpha value is -0.810. The summed E-state index contributed by atoms with van der Waals surface area (Å²) in [5, 5.41) is 15.6. The quantitative estimate of drug-likeness (QED) is 0.642. The number of alkyl carbamates (subject to hydrolysis) is 1. The lowest BCUT2D eigenvalue weighted by atomic mass is 9.95. The largest absolute Gasteiger partial charge is 0.444 e. The van der Waals surface area contributed by atoms with Gasteiger partial charge < -0.3 is 20.5 Å². The van der Waals surface area contributed by atoms with Gasteiger partial charge in [-0.2, -0.15) is 0 Å². The second-order valence-electron chi connectivity index (χ2n) is 7.68. The Bertz CT molecular complexity index is 333. The van der Waals surface area contributed by atoms with Crippen molar-refractivity contribution in [3.63, 3.8) is 0 Å². The minimum Gasteiger partial charge on any atom is -0.444 e. The van der Waals surface area contributed by atoms with Crippen molar-refractivity contribution < 1.29 is 14.6 Å². The maximum absolute atomic E-state index is 11.7. The number of aliphatic hydroxyl groups is 1. The van der Waals surface area contributed by atoms with Gasteiger partial charge in [-0.3, -0.25) is 0 Å². The molecule has 1 saturated carbocycles. The molecular weight excluding hydrogens is 268 g/mol. The molecule has 1 aliphatic carbocycles. The first-order valence-electron chi connectivity index (χ1n) is 7.96. The minimum atomic E-state index is -0.463. The smallest absolute Gasteiger partial charge is 0.407 e. The normalized spacial score (nSPS) is 18.4. The van der Waals surface area contributed by atoms with E-state index >= 15 is 0 Å². The lowest BCUT2D eigenvalue weighted by Gasteiger charge is -2.25. The van der Waals surface area contributed by atoms with Crippen molar-refractivity contribution in [2.24, 2.45) is 17.3 Å². The molecule has 1 atom stereocenters. The Labute approximate surface area is 128 Å². The molecule has 124 valence electrons. The van der Waals surface area contributed by atoms with E-state index in [1.807, 2.05) is 20.8 Å². The number of carbonyl (C=O) groups excluding carboxylic acids is 1. The number of aliphatic hydroxyl groups excluding tert-OH is 1. The number of nitrogens with one attached hydrogen (secondary N) is 2. The second-order valence-corrected chi connectivity index (χ2v) is 7.68. The van der Waals surface area contributed by atoms with Gasteiger partial charge in [0.25, 0.3) is 0 Å². The average Bonchev–Trinajstić information content (AvgIpc) is 3.11. The summed E-state index contributed by atoms with van der Waals surface area (Å²) in [4.78, 5) is 11.7. The van der Waals surface area contributed by atoms with E-state index in [2.05, 4.69) is 24.5 Å². The van der Waals surface area contributed by atoms with Gasteiger partial charge in [-0.1, -0.05) is 13.8 Å². The van der Waals surface area contributed by atoms with Gasteiger partial charge in [-0.05, 0) is 52.0 Å². The zero-order chi connectivity index (χ0) is 16.1. The van der Waals surface area contributed by atoms with E-state index in [0.717, 1.165) is 25.9 Å². The van der Waals surface area contributed by atoms with Crippen LogP contribution in [0.25, 0.3) is 0 Å². The first-order chi connectivity index (χ1) is 9.67. The molecule has 0 spiro atoms. The molecule has 21 heavy (non-hydrogen) atoms. The molecule has 1 rings (SSSR count). The highest BCUT2D eigenvalue weighted by Crippen LogP contribution is 2.44. The van der Waals surface area contributed by atoms with Gasteiger partial charge in [-0.25, -0.2) is 4.79 Å². The summed E-state index contributed by atoms with van der Waals surface area (Å²) in [5.74, 6) is 0.823. The van der Waals surface area contributed by atoms with Gasteiger partial charge in [-0.15, -0.1) is 0 Å². The molecular formula is C16H32N2O3. The lowest BCUT2D eigenvalue weighted by Crippen LogP contribution is -2.40. The topological polar surface area (TPSA) is 70.6 Å². The third-order valence-corrected chi connectivity index (χ3v) is 4.05. The van der Waals surface area contributed by atoms with Crippen LogP contribution < -0.4 is 10.6 Å². The Kier molecular flexibility index (Phi) is 6.47. The molecule has 0 heterocycles. The number of carbonyl (C=O) groups is 1. The minimum absolute atomic E-state index is 0.125. The van der Waals surface area contributed by atoms with Crippen LogP contribution in [0.3, 0.4) is 0 Å². The van der Waals surface area contributed by atoms with E-state index in [1.165, 1.54) is 0 Å². The molecule has 0 aromatic rings. The molecule has 1 fully saturated rings. The van der Waals surface area contributed by atoms with Crippen molar-refractivity contribution in [1.29, 1.82) is 0 Å². The molecule has 5 heteroatoms. The van der Waals surface area contributed by atoms with Gasteiger partial charge >= 0.3 is 6.09 Å². The van der Waals surface area contributed by atoms with E-state index in [1.54, 1.807) is 0 Å². The summed E-state index contributed by atoms with van der Waals surface area (Å²) in [6.45, 7) is 12.5. The fourth-order valence-corrected chi connectivity index (χ4v) is 2.16. The van der Waals surface area contributed by atoms with Gasteiger partial charge in [0.2, 0.25) is 0 Å². The fraction of sp³-hybridized carbons (Fsp3) is 0.938. The van der Waals surface area contributed by atoms with Crippen molar-refractivity contribution in [2.45, 2.75) is 53.1 Å². The van der Waals surface area contributed by atoms with Crippen molar-refractivity contribution in [3.8, 4) is 0 Å². The van der Waals surface area contributed by atoms with Crippen LogP contribution >= 0.6 is 0 Å². The van der Waals surface area contributed by atoms with Crippen LogP contribution in [0.4, 0.5) is 4.79 Å². The number of ether oxygens (including phenoxy) is 1. The zero-order valence-electron chi connectivity index (χ0n) is 14.2. The van der Waals surface area contributed by atoms with E-state index in [9.17, 15) is 9.90 Å². The van der Waals surface area contributed by atoms with Crippen LogP contribution in [0.2, 0.25) is 0 Å². The summed E-state index contributed by atoms with van der Waals surface area (Å²) in [6, 6.07) is 0. The van der Waals surface area contributed by atoms with Crippen LogP contribution in [-0.2, 0) is 4.74 Å². The molecule has 1 aliphatic rings. The molecule has 0 aromatic carbocycles. The first kappa shape index (κ1) is 18.2. The van der Waals surface area contributed by atoms with Gasteiger partial charge in [0.1, 0.15) is 5.60 Å². The Morgan fingerprint density at radius 2 is 1.90 bits per heavy atom. The van der Waals surface area contributed by atoms with E-state index in [4.69, 9.17) is 4.74 Å². The molecule has 1 amide bonds. The third-order valence-electron chi connectivity index (χ3n) is 4.05. The predicted molar refractivity (Wildman–Crippen MR) is 84.2 cm³/mol. The zero-order valence-corrected chi connectivity index (χ0v) is 14.2. The van der Waals surface area contributed by atoms with E-state index < -0.39 is 5.60 Å². The monoisotopic (exact) mass is 300 g/mol. The highest BCUT2D eigenvalue weighted by atomic mass is 16.6. The van der Waals surface area contributed by atoms with E-state index in [0.29, 0.717) is 18.4 Å². The number of amides is 1. The fourth-order valence-electron chi connectivity index (χ4n) is 2.16. The Balaban J connectivity index is 2.28. The van der Waals surface area contributed by atoms with Gasteiger partial charge in [0.05, 0.1) is 0 Å². The van der Waals surface area contributed by atoms with Gasteiger partial charge in [0, 0.05) is 25.1 Å². The van der Waals surface area contributed by atoms with Crippen molar-refractivity contribution in [1.82, 2.24) is 10.6 Å². The maximum atomic E-state index is 11.7. The van der Waals surface area contributed by atoms with Crippen LogP contribution in [-0.4, -0.2) is 43.0 Å². The number of hydrogen-bond donors (Lipinski definition) is 3. The molecule has 0 bridgehead atoms. The van der Waals surface area contributed by atoms with Gasteiger partial charge in [0.15, 0.2) is 0 Å². The van der Waals surface area contributed by atoms with Crippen LogP contribution in [0.5, 0.6) is 0 Å². The van der Waals surface area contributed by atoms with E-state index in [-0.39, 0.29) is 18.1 Å². The lowest BCUT2D eigenvalue weighted by molar-refractivity contribution is 0.0514. The second kappa shape index (κ2) is 7.45. The highest BCUT2D eigenvalue weighted by molar-refractivity contribution is 5.67. The maximum Gasteiger partial charge on any atom is 0.407 e.